The van der Waals surface area contributed by atoms with E-state index in [9.17, 15) is 0 Å². The van der Waals surface area contributed by atoms with E-state index in [4.69, 9.17) is 0 Å². The lowest BCUT2D eigenvalue weighted by Gasteiger charge is -2.13. The van der Waals surface area contributed by atoms with Gasteiger partial charge in [0.2, 0.25) is 5.95 Å². The molecule has 0 saturated carbocycles. The van der Waals surface area contributed by atoms with Crippen LogP contribution in [-0.4, -0.2) is 29.5 Å². The number of hydrogen-bond donors (Lipinski definition) is 1. The third-order valence-corrected chi connectivity index (χ3v) is 3.94. The first-order valence-electron chi connectivity index (χ1n) is 7.71. The second kappa shape index (κ2) is 5.77. The summed E-state index contributed by atoms with van der Waals surface area (Å²) < 4.78 is 3.64. The van der Waals surface area contributed by atoms with Crippen molar-refractivity contribution in [2.45, 2.75) is 13.0 Å². The Kier molecular flexibility index (Phi) is 3.45. The third-order valence-electron chi connectivity index (χ3n) is 3.94. The number of nitrogens with one attached hydrogen (secondary N) is 1. The lowest BCUT2D eigenvalue weighted by atomic mass is 10.1. The first-order chi connectivity index (χ1) is 11.7. The molecule has 1 N–H and O–H groups in total. The van der Waals surface area contributed by atoms with Gasteiger partial charge < -0.3 is 5.32 Å². The van der Waals surface area contributed by atoms with Crippen molar-refractivity contribution in [3.8, 4) is 0 Å². The molecule has 7 heteroatoms. The van der Waals surface area contributed by atoms with Crippen LogP contribution in [0.5, 0.6) is 0 Å². The zero-order valence-electron chi connectivity index (χ0n) is 13.5. The van der Waals surface area contributed by atoms with Gasteiger partial charge in [0, 0.05) is 19.4 Å². The summed E-state index contributed by atoms with van der Waals surface area (Å²) in [5.74, 6) is 0.525. The van der Waals surface area contributed by atoms with Crippen molar-refractivity contribution >= 4 is 22.7 Å². The second-order valence-corrected chi connectivity index (χ2v) is 5.68. The minimum absolute atomic E-state index is 0.0878. The molecule has 120 valence electrons. The van der Waals surface area contributed by atoms with Gasteiger partial charge in [-0.25, -0.2) is 9.67 Å². The van der Waals surface area contributed by atoms with E-state index in [1.807, 2.05) is 36.1 Å². The first-order valence-corrected chi connectivity index (χ1v) is 7.71. The summed E-state index contributed by atoms with van der Waals surface area (Å²) >= 11 is 0. The van der Waals surface area contributed by atoms with E-state index in [2.05, 4.69) is 44.5 Å². The fourth-order valence-corrected chi connectivity index (χ4v) is 2.67. The molecular formula is C17H17N7. The maximum Gasteiger partial charge on any atom is 0.229 e. The van der Waals surface area contributed by atoms with E-state index in [1.165, 1.54) is 5.56 Å². The van der Waals surface area contributed by atoms with Gasteiger partial charge in [-0.15, -0.1) is 0 Å². The fraction of sp³-hybridized carbons (Fsp3) is 0.176. The lowest BCUT2D eigenvalue weighted by molar-refractivity contribution is 0.579. The minimum atomic E-state index is 0.0878. The molecule has 1 aromatic carbocycles. The molecule has 0 fully saturated rings. The maximum atomic E-state index is 4.63. The van der Waals surface area contributed by atoms with E-state index >= 15 is 0 Å². The molecule has 3 heterocycles. The number of aromatic nitrogens is 6. The van der Waals surface area contributed by atoms with Crippen molar-refractivity contribution in [2.75, 3.05) is 5.32 Å². The van der Waals surface area contributed by atoms with Crippen LogP contribution < -0.4 is 5.32 Å². The second-order valence-electron chi connectivity index (χ2n) is 5.68. The number of fused-ring (bicyclic) bond motifs is 1. The molecule has 24 heavy (non-hydrogen) atoms. The van der Waals surface area contributed by atoms with Crippen LogP contribution in [0.25, 0.3) is 11.0 Å². The number of nitrogens with zero attached hydrogens (tertiary/aromatic N) is 6. The summed E-state index contributed by atoms with van der Waals surface area (Å²) in [6.07, 6.45) is 7.18. The number of anilines is 2. The van der Waals surface area contributed by atoms with Crippen molar-refractivity contribution in [1.82, 2.24) is 29.5 Å². The zero-order chi connectivity index (χ0) is 16.5. The molecule has 0 aliphatic heterocycles. The van der Waals surface area contributed by atoms with Crippen LogP contribution in [0, 0.1) is 0 Å². The van der Waals surface area contributed by atoms with Crippen molar-refractivity contribution in [3.05, 3.63) is 60.7 Å². The Morgan fingerprint density at radius 3 is 2.62 bits per heavy atom. The summed E-state index contributed by atoms with van der Waals surface area (Å²) in [4.78, 5) is 8.97. The van der Waals surface area contributed by atoms with E-state index in [0.29, 0.717) is 5.95 Å². The number of hydrogen-bond acceptors (Lipinski definition) is 5. The van der Waals surface area contributed by atoms with Crippen LogP contribution in [0.1, 0.15) is 18.5 Å². The van der Waals surface area contributed by atoms with Crippen LogP contribution >= 0.6 is 0 Å². The van der Waals surface area contributed by atoms with Gasteiger partial charge in [-0.05, 0) is 12.5 Å². The van der Waals surface area contributed by atoms with Gasteiger partial charge in [-0.1, -0.05) is 30.3 Å². The molecule has 0 saturated heterocycles. The van der Waals surface area contributed by atoms with Crippen LogP contribution in [0.2, 0.25) is 0 Å². The zero-order valence-corrected chi connectivity index (χ0v) is 13.5. The Balaban J connectivity index is 1.71. The smallest absolute Gasteiger partial charge is 0.229 e. The predicted molar refractivity (Wildman–Crippen MR) is 92.1 cm³/mol. The monoisotopic (exact) mass is 319 g/mol. The highest BCUT2D eigenvalue weighted by Gasteiger charge is 2.14. The van der Waals surface area contributed by atoms with Crippen LogP contribution in [-0.2, 0) is 7.05 Å². The molecule has 0 spiro atoms. The van der Waals surface area contributed by atoms with Gasteiger partial charge in [0.1, 0.15) is 0 Å². The minimum Gasteiger partial charge on any atom is -0.321 e. The Morgan fingerprint density at radius 1 is 1.04 bits per heavy atom. The molecular weight excluding hydrogens is 302 g/mol. The van der Waals surface area contributed by atoms with Gasteiger partial charge in [-0.3, -0.25) is 4.68 Å². The largest absolute Gasteiger partial charge is 0.321 e. The van der Waals surface area contributed by atoms with E-state index in [1.54, 1.807) is 23.3 Å². The predicted octanol–water partition coefficient (Wildman–Crippen LogP) is 2.91. The van der Waals surface area contributed by atoms with Crippen LogP contribution in [0.15, 0.2) is 55.1 Å². The average Bonchev–Trinajstić information content (AvgIpc) is 3.21. The molecule has 4 rings (SSSR count). The standard InChI is InChI=1S/C17H17N7/c1-12(13-6-4-3-5-7-13)24-16-14(9-20-24)8-18-17(22-16)21-15-10-19-23(2)11-15/h3-12H,1-2H3,(H,18,21,22). The summed E-state index contributed by atoms with van der Waals surface area (Å²) in [5, 5.41) is 12.7. The summed E-state index contributed by atoms with van der Waals surface area (Å²) in [6, 6.07) is 10.3. The van der Waals surface area contributed by atoms with Crippen molar-refractivity contribution in [3.63, 3.8) is 0 Å². The fourth-order valence-electron chi connectivity index (χ4n) is 2.67. The number of aryl methyl sites for hydroxylation is 1. The molecule has 0 aliphatic carbocycles. The molecule has 0 bridgehead atoms. The highest BCUT2D eigenvalue weighted by molar-refractivity contribution is 5.75. The molecule has 1 atom stereocenters. The SMILES string of the molecule is CC(c1ccccc1)n1ncc2cnc(Nc3cnn(C)c3)nc21. The van der Waals surface area contributed by atoms with Gasteiger partial charge in [0.15, 0.2) is 5.65 Å². The van der Waals surface area contributed by atoms with Gasteiger partial charge in [0.25, 0.3) is 0 Å². The Bertz CT molecular complexity index is 971. The topological polar surface area (TPSA) is 73.5 Å². The quantitative estimate of drug-likeness (QED) is 0.626. The number of rotatable bonds is 4. The highest BCUT2D eigenvalue weighted by atomic mass is 15.3. The van der Waals surface area contributed by atoms with Crippen molar-refractivity contribution in [1.29, 1.82) is 0 Å². The molecule has 0 aliphatic rings. The van der Waals surface area contributed by atoms with Gasteiger partial charge in [0.05, 0.1) is 29.5 Å². The van der Waals surface area contributed by atoms with E-state index in [0.717, 1.165) is 16.7 Å². The summed E-state index contributed by atoms with van der Waals surface area (Å²) in [7, 11) is 1.87. The van der Waals surface area contributed by atoms with Crippen molar-refractivity contribution < 1.29 is 0 Å². The molecule has 0 amide bonds. The first kappa shape index (κ1) is 14.4. The van der Waals surface area contributed by atoms with Gasteiger partial charge in [-0.2, -0.15) is 15.2 Å². The van der Waals surface area contributed by atoms with E-state index in [-0.39, 0.29) is 6.04 Å². The van der Waals surface area contributed by atoms with Crippen molar-refractivity contribution in [2.24, 2.45) is 7.05 Å². The van der Waals surface area contributed by atoms with Gasteiger partial charge >= 0.3 is 0 Å². The van der Waals surface area contributed by atoms with Crippen LogP contribution in [0.4, 0.5) is 11.6 Å². The van der Waals surface area contributed by atoms with E-state index < -0.39 is 0 Å². The number of benzene rings is 1. The molecule has 3 aromatic heterocycles. The molecule has 7 nitrogen and oxygen atoms in total. The lowest BCUT2D eigenvalue weighted by Crippen LogP contribution is -2.09. The molecule has 1 unspecified atom stereocenters. The average molecular weight is 319 g/mol. The Labute approximate surface area is 139 Å². The van der Waals surface area contributed by atoms with Crippen LogP contribution in [0.3, 0.4) is 0 Å². The molecule has 4 aromatic rings. The third kappa shape index (κ3) is 2.60. The normalized spacial score (nSPS) is 12.4. The maximum absolute atomic E-state index is 4.63. The Hall–Kier alpha value is -3.22. The molecule has 0 radical (unpaired) electrons. The summed E-state index contributed by atoms with van der Waals surface area (Å²) in [5.41, 5.74) is 2.83. The Morgan fingerprint density at radius 2 is 1.88 bits per heavy atom. The highest BCUT2D eigenvalue weighted by Crippen LogP contribution is 2.22. The summed E-state index contributed by atoms with van der Waals surface area (Å²) in [6.45, 7) is 2.11.